The number of halogens is 4. The first kappa shape index (κ1) is 20.1. The van der Waals surface area contributed by atoms with Gasteiger partial charge in [0.2, 0.25) is 0 Å². The number of fused-ring (bicyclic) bond motifs is 3. The van der Waals surface area contributed by atoms with Crippen molar-refractivity contribution in [1.82, 2.24) is 9.97 Å². The van der Waals surface area contributed by atoms with Crippen LogP contribution in [-0.2, 0) is 18.8 Å². The molecule has 0 unspecified atom stereocenters. The van der Waals surface area contributed by atoms with Gasteiger partial charge in [-0.1, -0.05) is 34.1 Å². The van der Waals surface area contributed by atoms with Crippen LogP contribution in [-0.4, -0.2) is 9.97 Å². The quantitative estimate of drug-likeness (QED) is 0.472. The van der Waals surface area contributed by atoms with Crippen LogP contribution >= 0.6 is 15.9 Å². The molecule has 0 bridgehead atoms. The molecule has 2 aromatic carbocycles. The molecule has 1 aliphatic carbocycles. The van der Waals surface area contributed by atoms with E-state index in [-0.39, 0.29) is 5.56 Å². The highest BCUT2D eigenvalue weighted by Gasteiger charge is 2.30. The summed E-state index contributed by atoms with van der Waals surface area (Å²) in [5.74, 6) is -2.96. The van der Waals surface area contributed by atoms with E-state index in [4.69, 9.17) is 0 Å². The number of alkyl halides is 2. The summed E-state index contributed by atoms with van der Waals surface area (Å²) in [4.78, 5) is 9.17. The fraction of sp³-hybridized carbons (Fsp3) is 0.364. The van der Waals surface area contributed by atoms with Crippen molar-refractivity contribution in [2.24, 2.45) is 0 Å². The summed E-state index contributed by atoms with van der Waals surface area (Å²) in [6, 6.07) is 5.53. The lowest BCUT2D eigenvalue weighted by molar-refractivity contribution is 0.0136. The Balaban J connectivity index is 1.78. The van der Waals surface area contributed by atoms with Crippen molar-refractivity contribution >= 4 is 32.7 Å². The normalized spacial score (nSPS) is 14.9. The van der Waals surface area contributed by atoms with Gasteiger partial charge >= 0.3 is 0 Å². The van der Waals surface area contributed by atoms with Gasteiger partial charge in [0.25, 0.3) is 5.92 Å². The molecule has 0 radical (unpaired) electrons. The van der Waals surface area contributed by atoms with E-state index < -0.39 is 23.3 Å². The van der Waals surface area contributed by atoms with E-state index in [1.54, 1.807) is 6.92 Å². The maximum atomic E-state index is 14.8. The Morgan fingerprint density at radius 2 is 1.90 bits per heavy atom. The fourth-order valence-electron chi connectivity index (χ4n) is 4.05. The first-order valence-corrected chi connectivity index (χ1v) is 10.4. The zero-order valence-corrected chi connectivity index (χ0v) is 18.0. The molecule has 0 amide bonds. The van der Waals surface area contributed by atoms with Crippen LogP contribution in [0.5, 0.6) is 0 Å². The van der Waals surface area contributed by atoms with Crippen LogP contribution in [0.2, 0.25) is 0 Å². The minimum Gasteiger partial charge on any atom is -0.363 e. The van der Waals surface area contributed by atoms with E-state index in [0.717, 1.165) is 40.7 Å². The first-order chi connectivity index (χ1) is 13.7. The van der Waals surface area contributed by atoms with E-state index in [1.165, 1.54) is 23.3 Å². The van der Waals surface area contributed by atoms with Crippen molar-refractivity contribution in [3.8, 4) is 0 Å². The summed E-state index contributed by atoms with van der Waals surface area (Å²) in [7, 11) is 0. The highest BCUT2D eigenvalue weighted by atomic mass is 79.9. The second kappa shape index (κ2) is 7.27. The molecule has 3 aromatic rings. The Morgan fingerprint density at radius 1 is 1.17 bits per heavy atom. The number of hydrogen-bond donors (Lipinski definition) is 1. The van der Waals surface area contributed by atoms with Gasteiger partial charge in [0, 0.05) is 22.3 Å². The van der Waals surface area contributed by atoms with E-state index in [9.17, 15) is 13.2 Å². The average molecular weight is 464 g/mol. The van der Waals surface area contributed by atoms with E-state index in [2.05, 4.69) is 31.2 Å². The Hall–Kier alpha value is -2.15. The summed E-state index contributed by atoms with van der Waals surface area (Å²) in [5.41, 5.74) is 2.96. The molecule has 1 aliphatic rings. The van der Waals surface area contributed by atoms with Crippen molar-refractivity contribution in [3.63, 3.8) is 0 Å². The number of aryl methyl sites for hydroxylation is 2. The Bertz CT molecular complexity index is 1110. The molecule has 0 spiro atoms. The molecule has 1 aromatic heterocycles. The van der Waals surface area contributed by atoms with Crippen molar-refractivity contribution in [2.75, 3.05) is 5.32 Å². The molecule has 0 saturated heterocycles. The van der Waals surface area contributed by atoms with Crippen LogP contribution in [0.1, 0.15) is 54.4 Å². The smallest absolute Gasteiger partial charge is 0.273 e. The summed E-state index contributed by atoms with van der Waals surface area (Å²) < 4.78 is 43.3. The van der Waals surface area contributed by atoms with Crippen molar-refractivity contribution < 1.29 is 13.2 Å². The lowest BCUT2D eigenvalue weighted by Crippen LogP contribution is -2.16. The van der Waals surface area contributed by atoms with E-state index in [1.807, 2.05) is 13.0 Å². The second-order valence-electron chi connectivity index (χ2n) is 7.65. The van der Waals surface area contributed by atoms with Gasteiger partial charge in [-0.25, -0.2) is 23.1 Å². The highest BCUT2D eigenvalue weighted by molar-refractivity contribution is 9.10. The number of rotatable bonds is 4. The second-order valence-corrected chi connectivity index (χ2v) is 8.50. The monoisotopic (exact) mass is 463 g/mol. The molecule has 29 heavy (non-hydrogen) atoms. The summed E-state index contributed by atoms with van der Waals surface area (Å²) in [5, 5.41) is 4.06. The van der Waals surface area contributed by atoms with E-state index in [0.29, 0.717) is 18.6 Å². The third-order valence-corrected chi connectivity index (χ3v) is 6.15. The maximum absolute atomic E-state index is 14.8. The summed E-state index contributed by atoms with van der Waals surface area (Å²) in [6.07, 6.45) is 3.05. The third-order valence-electron chi connectivity index (χ3n) is 5.44. The van der Waals surface area contributed by atoms with Gasteiger partial charge < -0.3 is 5.32 Å². The molecule has 0 saturated carbocycles. The zero-order chi connectivity index (χ0) is 20.9. The number of benzene rings is 2. The first-order valence-electron chi connectivity index (χ1n) is 9.58. The number of nitrogens with one attached hydrogen (secondary N) is 1. The lowest BCUT2D eigenvalue weighted by Gasteiger charge is -2.21. The van der Waals surface area contributed by atoms with Gasteiger partial charge in [-0.2, -0.15) is 0 Å². The average Bonchev–Trinajstić information content (AvgIpc) is 3.12. The van der Waals surface area contributed by atoms with Crippen LogP contribution in [0, 0.1) is 12.7 Å². The molecule has 7 heteroatoms. The Morgan fingerprint density at radius 3 is 2.62 bits per heavy atom. The number of anilines is 1. The highest BCUT2D eigenvalue weighted by Crippen LogP contribution is 2.38. The number of nitrogens with zero attached hydrogens (tertiary/aromatic N) is 2. The Labute approximate surface area is 175 Å². The van der Waals surface area contributed by atoms with Crippen molar-refractivity contribution in [2.45, 2.75) is 52.0 Å². The van der Waals surface area contributed by atoms with Gasteiger partial charge in [0.15, 0.2) is 0 Å². The molecular weight excluding hydrogens is 443 g/mol. The fourth-order valence-corrected chi connectivity index (χ4v) is 4.71. The third kappa shape index (κ3) is 3.61. The van der Waals surface area contributed by atoms with Crippen LogP contribution < -0.4 is 5.32 Å². The molecule has 3 nitrogen and oxygen atoms in total. The van der Waals surface area contributed by atoms with Gasteiger partial charge in [-0.05, 0) is 50.3 Å². The molecule has 1 atom stereocenters. The van der Waals surface area contributed by atoms with Crippen LogP contribution in [0.4, 0.5) is 19.0 Å². The predicted molar refractivity (Wildman–Crippen MR) is 112 cm³/mol. The van der Waals surface area contributed by atoms with Gasteiger partial charge in [-0.15, -0.1) is 0 Å². The molecule has 1 heterocycles. The standard InChI is InChI=1S/C22H21BrF3N3/c1-11(13-6-5-9-17(19(13)24)22(3,25)26)27-21-16-10-18(23)14-7-4-8-15(14)20(16)28-12(2)29-21/h5-6,9-11H,4,7-8H2,1-3H3,(H,27,28,29)/t11-/m1/s1. The van der Waals surface area contributed by atoms with Crippen LogP contribution in [0.3, 0.4) is 0 Å². The minimum atomic E-state index is -3.25. The SMILES string of the molecule is Cc1nc(N[C@H](C)c2cccc(C(C)(F)F)c2F)c2cc(Br)c3c(c2n1)CCC3. The molecule has 0 aliphatic heterocycles. The van der Waals surface area contributed by atoms with Gasteiger partial charge in [0.1, 0.15) is 17.5 Å². The maximum Gasteiger partial charge on any atom is 0.273 e. The van der Waals surface area contributed by atoms with Gasteiger partial charge in [-0.3, -0.25) is 0 Å². The summed E-state index contributed by atoms with van der Waals surface area (Å²) >= 11 is 3.65. The summed E-state index contributed by atoms with van der Waals surface area (Å²) in [6.45, 7) is 4.26. The largest absolute Gasteiger partial charge is 0.363 e. The molecular formula is C22H21BrF3N3. The van der Waals surface area contributed by atoms with E-state index >= 15 is 0 Å². The molecule has 1 N–H and O–H groups in total. The predicted octanol–water partition coefficient (Wildman–Crippen LogP) is 6.61. The topological polar surface area (TPSA) is 37.8 Å². The number of aromatic nitrogens is 2. The minimum absolute atomic E-state index is 0.175. The van der Waals surface area contributed by atoms with Crippen LogP contribution in [0.15, 0.2) is 28.7 Å². The van der Waals surface area contributed by atoms with Crippen LogP contribution in [0.25, 0.3) is 10.9 Å². The number of hydrogen-bond acceptors (Lipinski definition) is 3. The molecule has 4 rings (SSSR count). The van der Waals surface area contributed by atoms with Crippen molar-refractivity contribution in [1.29, 1.82) is 0 Å². The van der Waals surface area contributed by atoms with Crippen molar-refractivity contribution in [3.05, 3.63) is 62.6 Å². The zero-order valence-electron chi connectivity index (χ0n) is 16.4. The molecule has 152 valence electrons. The molecule has 0 fully saturated rings. The van der Waals surface area contributed by atoms with Gasteiger partial charge in [0.05, 0.1) is 17.1 Å². The lowest BCUT2D eigenvalue weighted by atomic mass is 10.0. The Kier molecular flexibility index (Phi) is 5.05.